The van der Waals surface area contributed by atoms with Crippen LogP contribution in [0.1, 0.15) is 69.8 Å². The summed E-state index contributed by atoms with van der Waals surface area (Å²) >= 11 is 0. The van der Waals surface area contributed by atoms with E-state index in [9.17, 15) is 9.36 Å². The Labute approximate surface area is 284 Å². The van der Waals surface area contributed by atoms with Crippen LogP contribution in [0, 0.1) is 18.8 Å². The molecule has 5 rings (SSSR count). The summed E-state index contributed by atoms with van der Waals surface area (Å²) in [5.74, 6) is 1.15. The van der Waals surface area contributed by atoms with Gasteiger partial charge >= 0.3 is 7.82 Å². The lowest BCUT2D eigenvalue weighted by molar-refractivity contribution is 0.0868. The molecule has 1 aliphatic rings. The molecule has 1 aliphatic carbocycles. The number of ether oxygens (including phenoxy) is 1. The zero-order chi connectivity index (χ0) is 34.3. The van der Waals surface area contributed by atoms with Gasteiger partial charge in [-0.25, -0.2) is 9.55 Å². The maximum absolute atomic E-state index is 13.2. The Hall–Kier alpha value is -3.27. The van der Waals surface area contributed by atoms with E-state index >= 15 is 0 Å². The Morgan fingerprint density at radius 3 is 2.46 bits per heavy atom. The van der Waals surface area contributed by atoms with Crippen molar-refractivity contribution in [2.24, 2.45) is 11.8 Å². The molecule has 0 atom stereocenters. The van der Waals surface area contributed by atoms with Crippen molar-refractivity contribution >= 4 is 35.7 Å². The minimum atomic E-state index is -3.62. The Kier molecular flexibility index (Phi) is 12.3. The molecule has 0 radical (unpaired) electrons. The first-order chi connectivity index (χ1) is 23.0. The zero-order valence-corrected chi connectivity index (χ0v) is 30.1. The predicted molar refractivity (Wildman–Crippen MR) is 192 cm³/mol. The summed E-state index contributed by atoms with van der Waals surface area (Å²) in [6.07, 6.45) is 4.74. The van der Waals surface area contributed by atoms with Crippen LogP contribution in [0.4, 0.5) is 0 Å². The van der Waals surface area contributed by atoms with Crippen LogP contribution < -0.4 is 10.1 Å². The van der Waals surface area contributed by atoms with Crippen LogP contribution in [-0.4, -0.2) is 72.9 Å². The van der Waals surface area contributed by atoms with E-state index in [1.165, 1.54) is 0 Å². The summed E-state index contributed by atoms with van der Waals surface area (Å²) in [4.78, 5) is 23.2. The highest BCUT2D eigenvalue weighted by molar-refractivity contribution is 7.48. The molecule has 2 heterocycles. The fourth-order valence-electron chi connectivity index (χ4n) is 5.42. The summed E-state index contributed by atoms with van der Waals surface area (Å²) in [6, 6.07) is 14.3. The monoisotopic (exact) mass is 678 g/mol. The first kappa shape index (κ1) is 36.0. The summed E-state index contributed by atoms with van der Waals surface area (Å²) in [6.45, 7) is 15.7. The standard InChI is InChI=1S/C37H51N4O6P/c1-7-41(17-19-45-48(43,46-23-25(2)3)47-24-26(4)5)16-9-18-44-33-15-14-31(34-32-20-27(6)22-38-36(32)40-35(33)34)28-10-8-11-29(21-28)37(42)39-30-12-13-30/h8,10-11,14-15,20-22,25-26,30H,7,9,12-13,16-19,23-24H2,1-6H3,(H,38,40)(H,39,42). The van der Waals surface area contributed by atoms with Gasteiger partial charge in [-0.2, -0.15) is 0 Å². The Balaban J connectivity index is 1.25. The molecule has 2 N–H and O–H groups in total. The number of benzene rings is 2. The third-order valence-electron chi connectivity index (χ3n) is 8.16. The molecule has 260 valence electrons. The summed E-state index contributed by atoms with van der Waals surface area (Å²) in [5, 5.41) is 5.13. The van der Waals surface area contributed by atoms with Crippen LogP contribution in [0.25, 0.3) is 33.1 Å². The van der Waals surface area contributed by atoms with Crippen LogP contribution in [0.5, 0.6) is 5.75 Å². The van der Waals surface area contributed by atoms with Crippen LogP contribution in [0.3, 0.4) is 0 Å². The summed E-state index contributed by atoms with van der Waals surface area (Å²) in [5.41, 5.74) is 5.37. The number of aryl methyl sites for hydroxylation is 1. The number of aromatic amines is 1. The second kappa shape index (κ2) is 16.4. The van der Waals surface area contributed by atoms with Crippen molar-refractivity contribution < 1.29 is 27.7 Å². The van der Waals surface area contributed by atoms with Crippen LogP contribution in [0.15, 0.2) is 48.7 Å². The molecule has 1 amide bonds. The first-order valence-corrected chi connectivity index (χ1v) is 18.7. The number of phosphoric ester groups is 1. The van der Waals surface area contributed by atoms with E-state index in [1.54, 1.807) is 0 Å². The summed E-state index contributed by atoms with van der Waals surface area (Å²) in [7, 11) is -3.62. The summed E-state index contributed by atoms with van der Waals surface area (Å²) < 4.78 is 36.4. The third-order valence-corrected chi connectivity index (χ3v) is 9.59. The molecule has 4 aromatic rings. The topological polar surface area (TPSA) is 115 Å². The van der Waals surface area contributed by atoms with Gasteiger partial charge in [0.1, 0.15) is 11.4 Å². The number of hydrogen-bond donors (Lipinski definition) is 2. The molecule has 0 bridgehead atoms. The number of phosphoric acid groups is 1. The number of pyridine rings is 1. The van der Waals surface area contributed by atoms with Crippen molar-refractivity contribution in [1.29, 1.82) is 0 Å². The van der Waals surface area contributed by atoms with Gasteiger partial charge in [0.25, 0.3) is 5.91 Å². The second-order valence-corrected chi connectivity index (χ2v) is 15.2. The average molecular weight is 679 g/mol. The number of amides is 1. The largest absolute Gasteiger partial charge is 0.491 e. The van der Waals surface area contributed by atoms with E-state index in [0.29, 0.717) is 38.0 Å². The molecule has 10 nitrogen and oxygen atoms in total. The normalized spacial score (nSPS) is 13.8. The van der Waals surface area contributed by atoms with Crippen molar-refractivity contribution in [2.75, 3.05) is 46.1 Å². The minimum absolute atomic E-state index is 0.0346. The van der Waals surface area contributed by atoms with Crippen molar-refractivity contribution in [2.45, 2.75) is 66.8 Å². The molecular formula is C37H51N4O6P. The Morgan fingerprint density at radius 1 is 1.02 bits per heavy atom. The molecule has 0 unspecified atom stereocenters. The molecule has 0 saturated heterocycles. The minimum Gasteiger partial charge on any atom is -0.491 e. The first-order valence-electron chi connectivity index (χ1n) is 17.3. The second-order valence-electron chi connectivity index (χ2n) is 13.5. The number of aromatic nitrogens is 2. The SMILES string of the molecule is CCN(CCCOc1ccc(-c2cccc(C(=O)NC3CC3)c2)c2c1[nH]c1ncc(C)cc12)CCOP(=O)(OCC(C)C)OCC(C)C. The number of H-pyrrole nitrogens is 1. The van der Waals surface area contributed by atoms with E-state index in [4.69, 9.17) is 18.3 Å². The van der Waals surface area contributed by atoms with Crippen LogP contribution in [0.2, 0.25) is 0 Å². The van der Waals surface area contributed by atoms with Crippen molar-refractivity contribution in [1.82, 2.24) is 20.2 Å². The fraction of sp³-hybridized carbons (Fsp3) is 0.514. The smallest absolute Gasteiger partial charge is 0.474 e. The number of carbonyl (C=O) groups excluding carboxylic acids is 1. The molecule has 1 saturated carbocycles. The maximum atomic E-state index is 13.2. The van der Waals surface area contributed by atoms with Gasteiger partial charge in [-0.3, -0.25) is 18.4 Å². The fourth-order valence-corrected chi connectivity index (χ4v) is 6.91. The molecule has 2 aromatic carbocycles. The van der Waals surface area contributed by atoms with E-state index in [0.717, 1.165) is 76.7 Å². The number of carbonyl (C=O) groups is 1. The average Bonchev–Trinajstić information content (AvgIpc) is 3.81. The number of rotatable bonds is 19. The van der Waals surface area contributed by atoms with Crippen molar-refractivity contribution in [3.63, 3.8) is 0 Å². The van der Waals surface area contributed by atoms with Gasteiger partial charge < -0.3 is 19.9 Å². The van der Waals surface area contributed by atoms with E-state index in [-0.39, 0.29) is 24.3 Å². The lowest BCUT2D eigenvalue weighted by atomic mass is 9.97. The predicted octanol–water partition coefficient (Wildman–Crippen LogP) is 8.14. The van der Waals surface area contributed by atoms with Gasteiger partial charge in [-0.05, 0) is 91.6 Å². The van der Waals surface area contributed by atoms with E-state index < -0.39 is 7.82 Å². The van der Waals surface area contributed by atoms with E-state index in [2.05, 4.69) is 39.2 Å². The number of nitrogens with zero attached hydrogens (tertiary/aromatic N) is 2. The quantitative estimate of drug-likeness (QED) is 0.0755. The molecule has 48 heavy (non-hydrogen) atoms. The molecular weight excluding hydrogens is 627 g/mol. The highest BCUT2D eigenvalue weighted by Crippen LogP contribution is 2.50. The van der Waals surface area contributed by atoms with Crippen molar-refractivity contribution in [3.8, 4) is 16.9 Å². The van der Waals surface area contributed by atoms with E-state index in [1.807, 2.05) is 71.1 Å². The van der Waals surface area contributed by atoms with Crippen LogP contribution in [-0.2, 0) is 18.1 Å². The molecule has 11 heteroatoms. The molecule has 1 fully saturated rings. The number of hydrogen-bond acceptors (Lipinski definition) is 8. The van der Waals surface area contributed by atoms with Gasteiger partial charge in [0, 0.05) is 41.7 Å². The number of fused-ring (bicyclic) bond motifs is 3. The Morgan fingerprint density at radius 2 is 1.77 bits per heavy atom. The third kappa shape index (κ3) is 9.67. The maximum Gasteiger partial charge on any atom is 0.474 e. The zero-order valence-electron chi connectivity index (χ0n) is 29.2. The molecule has 0 spiro atoms. The van der Waals surface area contributed by atoms with Gasteiger partial charge in [-0.15, -0.1) is 0 Å². The van der Waals surface area contributed by atoms with Gasteiger partial charge in [-0.1, -0.05) is 46.8 Å². The molecule has 0 aliphatic heterocycles. The van der Waals surface area contributed by atoms with Gasteiger partial charge in [0.05, 0.1) is 31.9 Å². The number of nitrogens with one attached hydrogen (secondary N) is 2. The molecule has 2 aromatic heterocycles. The Bertz CT molecular complexity index is 1720. The number of likely N-dealkylation sites (N-methyl/N-ethyl adjacent to an activating group) is 1. The van der Waals surface area contributed by atoms with Gasteiger partial charge in [0.2, 0.25) is 0 Å². The van der Waals surface area contributed by atoms with Crippen LogP contribution >= 0.6 is 7.82 Å². The highest BCUT2D eigenvalue weighted by atomic mass is 31.2. The lowest BCUT2D eigenvalue weighted by Gasteiger charge is -2.23. The highest BCUT2D eigenvalue weighted by Gasteiger charge is 2.28. The van der Waals surface area contributed by atoms with Gasteiger partial charge in [0.15, 0.2) is 0 Å². The lowest BCUT2D eigenvalue weighted by Crippen LogP contribution is -2.29. The van der Waals surface area contributed by atoms with Crippen molar-refractivity contribution in [3.05, 3.63) is 59.8 Å².